The van der Waals surface area contributed by atoms with E-state index in [1.807, 2.05) is 6.07 Å². The second-order valence-corrected chi connectivity index (χ2v) is 4.68. The zero-order valence-electron chi connectivity index (χ0n) is 12.0. The zero-order chi connectivity index (χ0) is 15.9. The number of hydrogen-bond donors (Lipinski definition) is 1. The molecule has 0 saturated heterocycles. The molecule has 22 heavy (non-hydrogen) atoms. The summed E-state index contributed by atoms with van der Waals surface area (Å²) in [6, 6.07) is 15.7. The molecule has 108 valence electrons. The van der Waals surface area contributed by atoms with Crippen LogP contribution in [0.1, 0.15) is 28.4 Å². The summed E-state index contributed by atoms with van der Waals surface area (Å²) in [4.78, 5) is 23.0. The molecular weight excluding hydrogens is 276 g/mol. The lowest BCUT2D eigenvalue weighted by atomic mass is 10.1. The Morgan fingerprint density at radius 3 is 2.41 bits per heavy atom. The Kier molecular flexibility index (Phi) is 4.84. The summed E-state index contributed by atoms with van der Waals surface area (Å²) in [5.74, 6) is -0.320. The zero-order valence-corrected chi connectivity index (χ0v) is 12.0. The monoisotopic (exact) mass is 290 g/mol. The van der Waals surface area contributed by atoms with Gasteiger partial charge in [0.1, 0.15) is 6.07 Å². The number of benzene rings is 2. The molecule has 0 atom stereocenters. The van der Waals surface area contributed by atoms with Crippen molar-refractivity contribution in [2.45, 2.75) is 6.92 Å². The Hall–Kier alpha value is -3.19. The van der Waals surface area contributed by atoms with Crippen LogP contribution in [0.2, 0.25) is 0 Å². The van der Waals surface area contributed by atoms with Crippen LogP contribution in [0.25, 0.3) is 6.08 Å². The van der Waals surface area contributed by atoms with Gasteiger partial charge in [0.05, 0.1) is 11.3 Å². The third-order valence-corrected chi connectivity index (χ3v) is 2.98. The summed E-state index contributed by atoms with van der Waals surface area (Å²) >= 11 is 0. The smallest absolute Gasteiger partial charge is 0.255 e. The maximum absolute atomic E-state index is 12.2. The van der Waals surface area contributed by atoms with Crippen molar-refractivity contribution < 1.29 is 9.59 Å². The Morgan fingerprint density at radius 1 is 1.09 bits per heavy atom. The van der Waals surface area contributed by atoms with Gasteiger partial charge in [-0.2, -0.15) is 5.26 Å². The van der Waals surface area contributed by atoms with E-state index in [9.17, 15) is 9.59 Å². The van der Waals surface area contributed by atoms with Crippen molar-refractivity contribution >= 4 is 23.5 Å². The van der Waals surface area contributed by atoms with Crippen molar-refractivity contribution in [3.8, 4) is 6.07 Å². The van der Waals surface area contributed by atoms with Gasteiger partial charge in [-0.15, -0.1) is 0 Å². The predicted octanol–water partition coefficient (Wildman–Crippen LogP) is 3.41. The quantitative estimate of drug-likeness (QED) is 0.877. The molecule has 0 aliphatic carbocycles. The summed E-state index contributed by atoms with van der Waals surface area (Å²) in [6.45, 7) is 1.48. The lowest BCUT2D eigenvalue weighted by Gasteiger charge is -2.07. The number of nitriles is 1. The third kappa shape index (κ3) is 3.90. The molecule has 2 aromatic rings. The molecule has 0 bridgehead atoms. The summed E-state index contributed by atoms with van der Waals surface area (Å²) in [5.41, 5.74) is 2.21. The van der Waals surface area contributed by atoms with Crippen LogP contribution in [0.3, 0.4) is 0 Å². The first kappa shape index (κ1) is 15.2. The average Bonchev–Trinajstić information content (AvgIpc) is 2.54. The third-order valence-electron chi connectivity index (χ3n) is 2.98. The van der Waals surface area contributed by atoms with Gasteiger partial charge in [0.15, 0.2) is 5.78 Å². The number of carbonyl (C=O) groups excluding carboxylic acids is 2. The summed E-state index contributed by atoms with van der Waals surface area (Å²) in [6.07, 6.45) is 3.16. The maximum Gasteiger partial charge on any atom is 0.255 e. The molecule has 0 unspecified atom stereocenters. The largest absolute Gasteiger partial charge is 0.321 e. The number of anilines is 1. The minimum atomic E-state index is -0.287. The topological polar surface area (TPSA) is 70.0 Å². The molecule has 0 saturated carbocycles. The fourth-order valence-corrected chi connectivity index (χ4v) is 1.84. The number of carbonyl (C=O) groups is 2. The molecule has 0 heterocycles. The van der Waals surface area contributed by atoms with Crippen LogP contribution in [0.15, 0.2) is 54.6 Å². The number of hydrogen-bond acceptors (Lipinski definition) is 3. The van der Waals surface area contributed by atoms with Crippen molar-refractivity contribution in [2.75, 3.05) is 5.32 Å². The van der Waals surface area contributed by atoms with Crippen LogP contribution in [0.5, 0.6) is 0 Å². The van der Waals surface area contributed by atoms with Gasteiger partial charge in [-0.05, 0) is 42.8 Å². The first-order valence-electron chi connectivity index (χ1n) is 6.69. The first-order valence-corrected chi connectivity index (χ1v) is 6.69. The van der Waals surface area contributed by atoms with Crippen molar-refractivity contribution in [3.63, 3.8) is 0 Å². The fraction of sp³-hybridized carbons (Fsp3) is 0.0556. The Bertz CT molecular complexity index is 768. The molecule has 2 aromatic carbocycles. The predicted molar refractivity (Wildman–Crippen MR) is 85.3 cm³/mol. The molecule has 0 aliphatic heterocycles. The van der Waals surface area contributed by atoms with Crippen molar-refractivity contribution in [1.82, 2.24) is 0 Å². The average molecular weight is 290 g/mol. The van der Waals surface area contributed by atoms with E-state index in [0.717, 1.165) is 5.56 Å². The number of rotatable bonds is 4. The van der Waals surface area contributed by atoms with Crippen LogP contribution in [-0.4, -0.2) is 11.7 Å². The van der Waals surface area contributed by atoms with Crippen LogP contribution in [0.4, 0.5) is 5.69 Å². The Morgan fingerprint density at radius 2 is 1.77 bits per heavy atom. The first-order chi connectivity index (χ1) is 10.6. The highest BCUT2D eigenvalue weighted by atomic mass is 16.1. The van der Waals surface area contributed by atoms with E-state index in [0.29, 0.717) is 16.8 Å². The molecule has 0 radical (unpaired) electrons. The van der Waals surface area contributed by atoms with Crippen LogP contribution in [0, 0.1) is 11.3 Å². The highest BCUT2D eigenvalue weighted by Crippen LogP contribution is 2.15. The number of nitrogens with one attached hydrogen (secondary N) is 1. The van der Waals surface area contributed by atoms with Crippen molar-refractivity contribution in [1.29, 1.82) is 5.26 Å². The highest BCUT2D eigenvalue weighted by molar-refractivity contribution is 6.05. The van der Waals surface area contributed by atoms with E-state index in [1.165, 1.54) is 13.0 Å². The Balaban J connectivity index is 2.13. The molecule has 1 amide bonds. The normalized spacial score (nSPS) is 10.2. The standard InChI is InChI=1S/C18H14N2O2/c1-13(21)6-7-14-8-10-15(11-9-14)18(22)20-17-5-3-2-4-16(17)12-19/h2-11H,1H3,(H,20,22)/b7-6+. The molecule has 0 aliphatic rings. The second kappa shape index (κ2) is 7.00. The molecule has 0 aromatic heterocycles. The van der Waals surface area contributed by atoms with Crippen LogP contribution in [-0.2, 0) is 4.79 Å². The number of amides is 1. The van der Waals surface area contributed by atoms with E-state index in [-0.39, 0.29) is 11.7 Å². The summed E-state index contributed by atoms with van der Waals surface area (Å²) in [7, 11) is 0. The molecule has 4 heteroatoms. The van der Waals surface area contributed by atoms with E-state index >= 15 is 0 Å². The lowest BCUT2D eigenvalue weighted by Crippen LogP contribution is -2.12. The Labute approximate surface area is 128 Å². The van der Waals surface area contributed by atoms with Gasteiger partial charge in [0, 0.05) is 5.56 Å². The van der Waals surface area contributed by atoms with Crippen molar-refractivity contribution in [2.24, 2.45) is 0 Å². The van der Waals surface area contributed by atoms with Crippen LogP contribution < -0.4 is 5.32 Å². The van der Waals surface area contributed by atoms with Gasteiger partial charge >= 0.3 is 0 Å². The lowest BCUT2D eigenvalue weighted by molar-refractivity contribution is -0.112. The highest BCUT2D eigenvalue weighted by Gasteiger charge is 2.08. The molecular formula is C18H14N2O2. The van der Waals surface area contributed by atoms with E-state index in [2.05, 4.69) is 5.32 Å². The van der Waals surface area contributed by atoms with Crippen LogP contribution >= 0.6 is 0 Å². The minimum absolute atomic E-state index is 0.0325. The number of allylic oxidation sites excluding steroid dienone is 1. The van der Waals surface area contributed by atoms with Gasteiger partial charge in [0.2, 0.25) is 0 Å². The van der Waals surface area contributed by atoms with Gasteiger partial charge in [-0.1, -0.05) is 30.3 Å². The number of nitrogens with zero attached hydrogens (tertiary/aromatic N) is 1. The van der Waals surface area contributed by atoms with Gasteiger partial charge in [0.25, 0.3) is 5.91 Å². The SMILES string of the molecule is CC(=O)/C=C/c1ccc(C(=O)Nc2ccccc2C#N)cc1. The summed E-state index contributed by atoms with van der Waals surface area (Å²) in [5, 5.41) is 11.7. The van der Waals surface area contributed by atoms with Gasteiger partial charge in [-0.25, -0.2) is 0 Å². The number of ketones is 1. The van der Waals surface area contributed by atoms with Gasteiger partial charge < -0.3 is 5.32 Å². The van der Waals surface area contributed by atoms with Gasteiger partial charge in [-0.3, -0.25) is 9.59 Å². The summed E-state index contributed by atoms with van der Waals surface area (Å²) < 4.78 is 0. The molecule has 0 spiro atoms. The van der Waals surface area contributed by atoms with Crippen molar-refractivity contribution in [3.05, 3.63) is 71.3 Å². The molecule has 1 N–H and O–H groups in total. The van der Waals surface area contributed by atoms with E-state index < -0.39 is 0 Å². The number of para-hydroxylation sites is 1. The molecule has 4 nitrogen and oxygen atoms in total. The van der Waals surface area contributed by atoms with E-state index in [1.54, 1.807) is 54.6 Å². The minimum Gasteiger partial charge on any atom is -0.321 e. The molecule has 2 rings (SSSR count). The van der Waals surface area contributed by atoms with E-state index in [4.69, 9.17) is 5.26 Å². The fourth-order valence-electron chi connectivity index (χ4n) is 1.84. The molecule has 0 fully saturated rings. The maximum atomic E-state index is 12.2. The second-order valence-electron chi connectivity index (χ2n) is 4.68.